The molecule has 2 aromatic heterocycles. The minimum absolute atomic E-state index is 0.118. The smallest absolute Gasteiger partial charge is 0.320 e. The highest BCUT2D eigenvalue weighted by Crippen LogP contribution is 2.20. The monoisotopic (exact) mass is 331 g/mol. The quantitative estimate of drug-likeness (QED) is 0.894. The van der Waals surface area contributed by atoms with Crippen molar-refractivity contribution in [2.75, 3.05) is 23.3 Å². The van der Waals surface area contributed by atoms with Gasteiger partial charge in [0, 0.05) is 44.9 Å². The summed E-state index contributed by atoms with van der Waals surface area (Å²) in [6.07, 6.45) is 3.71. The fourth-order valence-electron chi connectivity index (χ4n) is 3.22. The van der Waals surface area contributed by atoms with Crippen molar-refractivity contribution in [1.29, 1.82) is 0 Å². The summed E-state index contributed by atoms with van der Waals surface area (Å²) in [7, 11) is 1.96. The first-order valence-corrected chi connectivity index (χ1v) is 8.41. The Bertz CT molecular complexity index is 705. The molecule has 0 bridgehead atoms. The van der Waals surface area contributed by atoms with Gasteiger partial charge in [-0.25, -0.2) is 9.48 Å². The molecule has 8 nitrogen and oxygen atoms in total. The zero-order chi connectivity index (χ0) is 17.1. The van der Waals surface area contributed by atoms with E-state index in [-0.39, 0.29) is 12.1 Å². The molecule has 2 amide bonds. The molecule has 0 aliphatic carbocycles. The van der Waals surface area contributed by atoms with Gasteiger partial charge in [0.15, 0.2) is 0 Å². The maximum Gasteiger partial charge on any atom is 0.320 e. The highest BCUT2D eigenvalue weighted by Gasteiger charge is 2.23. The van der Waals surface area contributed by atoms with E-state index in [4.69, 9.17) is 0 Å². The average molecular weight is 331 g/mol. The second kappa shape index (κ2) is 6.94. The molecule has 3 rings (SSSR count). The molecule has 1 fully saturated rings. The number of piperidine rings is 1. The number of rotatable bonds is 4. The standard InChI is InChI=1S/C16H25N7O/c1-4-23-14(7-8-17-23)19-16(24)18-13-6-5-9-22(11-13)15-10-12(2)20-21(15)3/h7-8,10,13H,4-6,9,11H2,1-3H3,(H2,18,19,24). The summed E-state index contributed by atoms with van der Waals surface area (Å²) in [6, 6.07) is 3.82. The predicted octanol–water partition coefficient (Wildman–Crippen LogP) is 1.74. The topological polar surface area (TPSA) is 80.0 Å². The number of amides is 2. The molecule has 24 heavy (non-hydrogen) atoms. The Morgan fingerprint density at radius 3 is 3.00 bits per heavy atom. The molecule has 0 spiro atoms. The minimum atomic E-state index is -0.182. The summed E-state index contributed by atoms with van der Waals surface area (Å²) in [6.45, 7) is 6.49. The third kappa shape index (κ3) is 3.52. The molecular formula is C16H25N7O. The van der Waals surface area contributed by atoms with E-state index in [1.807, 2.05) is 25.6 Å². The summed E-state index contributed by atoms with van der Waals surface area (Å²) in [5.41, 5.74) is 1.01. The van der Waals surface area contributed by atoms with Crippen molar-refractivity contribution >= 4 is 17.7 Å². The van der Waals surface area contributed by atoms with Crippen molar-refractivity contribution in [3.8, 4) is 0 Å². The zero-order valence-corrected chi connectivity index (χ0v) is 14.5. The van der Waals surface area contributed by atoms with Crippen molar-refractivity contribution in [3.63, 3.8) is 0 Å². The number of hydrogen-bond donors (Lipinski definition) is 2. The highest BCUT2D eigenvalue weighted by molar-refractivity contribution is 5.88. The average Bonchev–Trinajstić information content (AvgIpc) is 3.13. The third-order valence-corrected chi connectivity index (χ3v) is 4.32. The van der Waals surface area contributed by atoms with Gasteiger partial charge in [0.25, 0.3) is 0 Å². The van der Waals surface area contributed by atoms with Crippen LogP contribution in [0.3, 0.4) is 0 Å². The van der Waals surface area contributed by atoms with Crippen LogP contribution in [0.5, 0.6) is 0 Å². The van der Waals surface area contributed by atoms with Crippen molar-refractivity contribution in [1.82, 2.24) is 24.9 Å². The zero-order valence-electron chi connectivity index (χ0n) is 14.5. The molecular weight excluding hydrogens is 306 g/mol. The fraction of sp³-hybridized carbons (Fsp3) is 0.562. The predicted molar refractivity (Wildman–Crippen MR) is 93.2 cm³/mol. The van der Waals surface area contributed by atoms with Gasteiger partial charge in [-0.3, -0.25) is 10.00 Å². The number of anilines is 2. The number of hydrogen-bond acceptors (Lipinski definition) is 4. The second-order valence-electron chi connectivity index (χ2n) is 6.18. The maximum absolute atomic E-state index is 12.3. The molecule has 1 atom stereocenters. The molecule has 0 aromatic carbocycles. The van der Waals surface area contributed by atoms with Gasteiger partial charge in [-0.1, -0.05) is 0 Å². The molecule has 0 radical (unpaired) electrons. The number of nitrogens with one attached hydrogen (secondary N) is 2. The van der Waals surface area contributed by atoms with Gasteiger partial charge >= 0.3 is 6.03 Å². The van der Waals surface area contributed by atoms with Crippen LogP contribution in [0, 0.1) is 6.92 Å². The van der Waals surface area contributed by atoms with Gasteiger partial charge in [-0.15, -0.1) is 0 Å². The van der Waals surface area contributed by atoms with E-state index in [0.29, 0.717) is 5.82 Å². The van der Waals surface area contributed by atoms with E-state index in [0.717, 1.165) is 44.0 Å². The van der Waals surface area contributed by atoms with Gasteiger partial charge in [0.2, 0.25) is 0 Å². The summed E-state index contributed by atoms with van der Waals surface area (Å²) in [5, 5.41) is 14.5. The van der Waals surface area contributed by atoms with Crippen LogP contribution in [-0.2, 0) is 13.6 Å². The highest BCUT2D eigenvalue weighted by atomic mass is 16.2. The van der Waals surface area contributed by atoms with Crippen molar-refractivity contribution in [3.05, 3.63) is 24.0 Å². The van der Waals surface area contributed by atoms with Crippen molar-refractivity contribution in [2.24, 2.45) is 7.05 Å². The number of urea groups is 1. The molecule has 2 aromatic rings. The lowest BCUT2D eigenvalue weighted by atomic mass is 10.1. The number of aryl methyl sites for hydroxylation is 3. The minimum Gasteiger partial charge on any atom is -0.355 e. The van der Waals surface area contributed by atoms with Crippen LogP contribution in [0.15, 0.2) is 18.3 Å². The molecule has 1 saturated heterocycles. The van der Waals surface area contributed by atoms with E-state index in [9.17, 15) is 4.79 Å². The number of carbonyl (C=O) groups is 1. The van der Waals surface area contributed by atoms with Gasteiger partial charge in [0.05, 0.1) is 11.9 Å². The largest absolute Gasteiger partial charge is 0.355 e. The molecule has 1 aliphatic rings. The molecule has 130 valence electrons. The van der Waals surface area contributed by atoms with E-state index < -0.39 is 0 Å². The van der Waals surface area contributed by atoms with Gasteiger partial charge < -0.3 is 10.2 Å². The summed E-state index contributed by atoms with van der Waals surface area (Å²) < 4.78 is 3.66. The lowest BCUT2D eigenvalue weighted by Crippen LogP contribution is -2.49. The van der Waals surface area contributed by atoms with Gasteiger partial charge in [0.1, 0.15) is 11.6 Å². The lowest BCUT2D eigenvalue weighted by Gasteiger charge is -2.34. The third-order valence-electron chi connectivity index (χ3n) is 4.32. The van der Waals surface area contributed by atoms with Crippen molar-refractivity contribution < 1.29 is 4.79 Å². The fourth-order valence-corrected chi connectivity index (χ4v) is 3.22. The van der Waals surface area contributed by atoms with E-state index >= 15 is 0 Å². The SMILES string of the molecule is CCn1nccc1NC(=O)NC1CCCN(c2cc(C)nn2C)C1. The van der Waals surface area contributed by atoms with E-state index in [1.54, 1.807) is 16.9 Å². The van der Waals surface area contributed by atoms with Crippen LogP contribution < -0.4 is 15.5 Å². The number of nitrogens with zero attached hydrogens (tertiary/aromatic N) is 5. The normalized spacial score (nSPS) is 17.8. The Hall–Kier alpha value is -2.51. The van der Waals surface area contributed by atoms with Crippen LogP contribution in [0.4, 0.5) is 16.4 Å². The van der Waals surface area contributed by atoms with E-state index in [2.05, 4.69) is 31.8 Å². The first kappa shape index (κ1) is 16.4. The summed E-state index contributed by atoms with van der Waals surface area (Å²) >= 11 is 0. The summed E-state index contributed by atoms with van der Waals surface area (Å²) in [4.78, 5) is 14.5. The molecule has 1 unspecified atom stereocenters. The van der Waals surface area contributed by atoms with Crippen LogP contribution >= 0.6 is 0 Å². The van der Waals surface area contributed by atoms with Gasteiger partial charge in [-0.05, 0) is 26.7 Å². The Balaban J connectivity index is 1.59. The second-order valence-corrected chi connectivity index (χ2v) is 6.18. The maximum atomic E-state index is 12.3. The lowest BCUT2D eigenvalue weighted by molar-refractivity contribution is 0.246. The Morgan fingerprint density at radius 1 is 1.46 bits per heavy atom. The Kier molecular flexibility index (Phi) is 4.73. The van der Waals surface area contributed by atoms with Crippen molar-refractivity contribution in [2.45, 2.75) is 39.3 Å². The first-order chi connectivity index (χ1) is 11.6. The molecule has 8 heteroatoms. The number of aromatic nitrogens is 4. The van der Waals surface area contributed by atoms with Crippen LogP contribution in [0.25, 0.3) is 0 Å². The Morgan fingerprint density at radius 2 is 2.29 bits per heavy atom. The molecule has 1 aliphatic heterocycles. The van der Waals surface area contributed by atoms with Crippen LogP contribution in [0.1, 0.15) is 25.5 Å². The number of carbonyl (C=O) groups excluding carboxylic acids is 1. The van der Waals surface area contributed by atoms with E-state index in [1.165, 1.54) is 0 Å². The molecule has 0 saturated carbocycles. The Labute approximate surface area is 141 Å². The molecule has 2 N–H and O–H groups in total. The van der Waals surface area contributed by atoms with Crippen LogP contribution in [-0.4, -0.2) is 44.7 Å². The summed E-state index contributed by atoms with van der Waals surface area (Å²) in [5.74, 6) is 1.81. The van der Waals surface area contributed by atoms with Crippen LogP contribution in [0.2, 0.25) is 0 Å². The molecule has 3 heterocycles. The first-order valence-electron chi connectivity index (χ1n) is 8.41. The van der Waals surface area contributed by atoms with Gasteiger partial charge in [-0.2, -0.15) is 10.2 Å².